The molecule has 138 valence electrons. The van der Waals surface area contributed by atoms with Crippen molar-refractivity contribution in [1.82, 2.24) is 14.3 Å². The van der Waals surface area contributed by atoms with Crippen molar-refractivity contribution in [3.63, 3.8) is 0 Å². The van der Waals surface area contributed by atoms with Crippen LogP contribution in [0.4, 0.5) is 4.39 Å². The molecular weight excluding hydrogens is 345 g/mol. The Balaban J connectivity index is 1.64. The molecule has 0 fully saturated rings. The average Bonchev–Trinajstić information content (AvgIpc) is 3.11. The number of allylic oxidation sites excluding steroid dienone is 3. The maximum absolute atomic E-state index is 13.8. The Morgan fingerprint density at radius 2 is 2.11 bits per heavy atom. The Hall–Kier alpha value is -3.15. The second kappa shape index (κ2) is 6.87. The summed E-state index contributed by atoms with van der Waals surface area (Å²) in [5.74, 6) is -0.207. The highest BCUT2D eigenvalue weighted by Gasteiger charge is 2.13. The Kier molecular flexibility index (Phi) is 4.39. The third kappa shape index (κ3) is 3.30. The minimum atomic E-state index is -0.418. The van der Waals surface area contributed by atoms with Crippen LogP contribution in [0, 0.1) is 11.7 Å². The van der Waals surface area contributed by atoms with Gasteiger partial charge in [-0.3, -0.25) is 9.59 Å². The van der Waals surface area contributed by atoms with Crippen LogP contribution in [-0.2, 0) is 11.3 Å². The van der Waals surface area contributed by atoms with Crippen molar-refractivity contribution in [3.8, 4) is 0 Å². The predicted octanol–water partition coefficient (Wildman–Crippen LogP) is 3.38. The van der Waals surface area contributed by atoms with E-state index < -0.39 is 5.82 Å². The molecule has 1 atom stereocenters. The number of aryl methyl sites for hydroxylation is 1. The molecule has 0 aliphatic heterocycles. The number of rotatable bonds is 4. The van der Waals surface area contributed by atoms with Crippen molar-refractivity contribution in [2.75, 3.05) is 0 Å². The smallest absolute Gasteiger partial charge is 0.275 e. The second-order valence-corrected chi connectivity index (χ2v) is 6.89. The van der Waals surface area contributed by atoms with Gasteiger partial charge >= 0.3 is 0 Å². The molecule has 4 rings (SSSR count). The maximum atomic E-state index is 13.8. The number of fused-ring (bicyclic) bond motifs is 3. The van der Waals surface area contributed by atoms with Crippen LogP contribution in [0.3, 0.4) is 0 Å². The lowest BCUT2D eigenvalue weighted by Crippen LogP contribution is -2.28. The van der Waals surface area contributed by atoms with E-state index in [-0.39, 0.29) is 24.4 Å². The van der Waals surface area contributed by atoms with E-state index in [0.29, 0.717) is 17.0 Å². The number of hydrogen-bond donors (Lipinski definition) is 1. The Bertz CT molecular complexity index is 1150. The van der Waals surface area contributed by atoms with Gasteiger partial charge in [-0.2, -0.15) is 0 Å². The molecule has 2 heterocycles. The maximum Gasteiger partial charge on any atom is 0.275 e. The SMILES string of the molecule is C[C@H]1C=C(NC(=O)CCn2c(=O)c3cccn3c3ccc(F)cc32)C=CC1. The van der Waals surface area contributed by atoms with E-state index in [2.05, 4.69) is 12.2 Å². The van der Waals surface area contributed by atoms with E-state index in [9.17, 15) is 14.0 Å². The molecule has 1 amide bonds. The molecular formula is C21H20FN3O2. The van der Waals surface area contributed by atoms with E-state index in [1.54, 1.807) is 28.8 Å². The summed E-state index contributed by atoms with van der Waals surface area (Å²) in [6, 6.07) is 7.85. The van der Waals surface area contributed by atoms with Crippen molar-refractivity contribution in [2.45, 2.75) is 26.3 Å². The van der Waals surface area contributed by atoms with Crippen LogP contribution >= 0.6 is 0 Å². The van der Waals surface area contributed by atoms with Crippen molar-refractivity contribution < 1.29 is 9.18 Å². The third-order valence-corrected chi connectivity index (χ3v) is 4.82. The zero-order valence-electron chi connectivity index (χ0n) is 15.0. The molecule has 0 radical (unpaired) electrons. The second-order valence-electron chi connectivity index (χ2n) is 6.89. The molecule has 0 saturated carbocycles. The van der Waals surface area contributed by atoms with E-state index >= 15 is 0 Å². The van der Waals surface area contributed by atoms with Crippen molar-refractivity contribution in [1.29, 1.82) is 0 Å². The summed E-state index contributed by atoms with van der Waals surface area (Å²) in [7, 11) is 0. The highest BCUT2D eigenvalue weighted by Crippen LogP contribution is 2.17. The number of carbonyl (C=O) groups excluding carboxylic acids is 1. The summed E-state index contributed by atoms with van der Waals surface area (Å²) in [6.45, 7) is 2.27. The average molecular weight is 365 g/mol. The summed E-state index contributed by atoms with van der Waals surface area (Å²) < 4.78 is 17.0. The van der Waals surface area contributed by atoms with Gasteiger partial charge in [-0.15, -0.1) is 0 Å². The first-order valence-corrected chi connectivity index (χ1v) is 9.00. The molecule has 0 unspecified atom stereocenters. The van der Waals surface area contributed by atoms with Crippen LogP contribution in [0.1, 0.15) is 19.8 Å². The van der Waals surface area contributed by atoms with E-state index in [0.717, 1.165) is 17.6 Å². The van der Waals surface area contributed by atoms with Gasteiger partial charge in [-0.25, -0.2) is 4.39 Å². The van der Waals surface area contributed by atoms with Crippen LogP contribution in [0.25, 0.3) is 16.6 Å². The fraction of sp³-hybridized carbons (Fsp3) is 0.238. The summed E-state index contributed by atoms with van der Waals surface area (Å²) in [6.07, 6.45) is 8.80. The van der Waals surface area contributed by atoms with Gasteiger partial charge in [-0.1, -0.05) is 19.1 Å². The first kappa shape index (κ1) is 17.3. The lowest BCUT2D eigenvalue weighted by atomic mass is 10.0. The predicted molar refractivity (Wildman–Crippen MR) is 103 cm³/mol. The molecule has 2 aromatic heterocycles. The van der Waals surface area contributed by atoms with Crippen molar-refractivity contribution in [3.05, 3.63) is 76.6 Å². The topological polar surface area (TPSA) is 55.5 Å². The quantitative estimate of drug-likeness (QED) is 0.771. The molecule has 27 heavy (non-hydrogen) atoms. The van der Waals surface area contributed by atoms with Gasteiger partial charge in [0.1, 0.15) is 11.3 Å². The number of nitrogens with zero attached hydrogens (tertiary/aromatic N) is 2. The number of hydrogen-bond acceptors (Lipinski definition) is 2. The lowest BCUT2D eigenvalue weighted by molar-refractivity contribution is -0.120. The fourth-order valence-electron chi connectivity index (χ4n) is 3.51. The van der Waals surface area contributed by atoms with Gasteiger partial charge in [0.25, 0.3) is 5.56 Å². The minimum Gasteiger partial charge on any atom is -0.326 e. The van der Waals surface area contributed by atoms with Crippen molar-refractivity contribution in [2.24, 2.45) is 5.92 Å². The Morgan fingerprint density at radius 3 is 2.93 bits per heavy atom. The fourth-order valence-corrected chi connectivity index (χ4v) is 3.51. The molecule has 6 heteroatoms. The number of amides is 1. The highest BCUT2D eigenvalue weighted by atomic mass is 19.1. The van der Waals surface area contributed by atoms with Gasteiger partial charge in [0, 0.05) is 24.9 Å². The summed E-state index contributed by atoms with van der Waals surface area (Å²) >= 11 is 0. The van der Waals surface area contributed by atoms with Crippen LogP contribution in [-0.4, -0.2) is 14.9 Å². The first-order valence-electron chi connectivity index (χ1n) is 9.00. The Labute approximate surface area is 155 Å². The highest BCUT2D eigenvalue weighted by molar-refractivity contribution is 5.80. The molecule has 0 saturated heterocycles. The normalized spacial score (nSPS) is 16.7. The van der Waals surface area contributed by atoms with Gasteiger partial charge in [-0.05, 0) is 48.7 Å². The van der Waals surface area contributed by atoms with Gasteiger partial charge in [0.15, 0.2) is 0 Å². The zero-order valence-corrected chi connectivity index (χ0v) is 15.0. The lowest BCUT2D eigenvalue weighted by Gasteiger charge is -2.15. The summed E-state index contributed by atoms with van der Waals surface area (Å²) in [5.41, 5.74) is 2.24. The molecule has 5 nitrogen and oxygen atoms in total. The Morgan fingerprint density at radius 1 is 1.26 bits per heavy atom. The minimum absolute atomic E-state index is 0.127. The molecule has 0 spiro atoms. The number of halogens is 1. The molecule has 3 aromatic rings. The number of aromatic nitrogens is 2. The standard InChI is InChI=1S/C21H20FN3O2/c1-14-4-2-5-16(12-14)23-20(26)9-11-25-19-13-15(22)7-8-17(19)24-10-3-6-18(24)21(25)27/h2-3,5-8,10,12-14H,4,9,11H2,1H3,(H,23,26)/t14-/m1/s1. The van der Waals surface area contributed by atoms with E-state index in [4.69, 9.17) is 0 Å². The van der Waals surface area contributed by atoms with Crippen LogP contribution < -0.4 is 10.9 Å². The monoisotopic (exact) mass is 365 g/mol. The molecule has 0 bridgehead atoms. The zero-order chi connectivity index (χ0) is 19.0. The van der Waals surface area contributed by atoms with Crippen LogP contribution in [0.5, 0.6) is 0 Å². The summed E-state index contributed by atoms with van der Waals surface area (Å²) in [5, 5.41) is 2.87. The molecule has 1 aromatic carbocycles. The van der Waals surface area contributed by atoms with Gasteiger partial charge in [0.05, 0.1) is 11.0 Å². The summed E-state index contributed by atoms with van der Waals surface area (Å²) in [4.78, 5) is 25.2. The largest absolute Gasteiger partial charge is 0.326 e. The third-order valence-electron chi connectivity index (χ3n) is 4.82. The molecule has 1 aliphatic carbocycles. The molecule has 1 N–H and O–H groups in total. The van der Waals surface area contributed by atoms with E-state index in [1.165, 1.54) is 16.7 Å². The number of nitrogens with one attached hydrogen (secondary N) is 1. The number of benzene rings is 1. The van der Waals surface area contributed by atoms with Crippen molar-refractivity contribution >= 4 is 22.5 Å². The van der Waals surface area contributed by atoms with Crippen LogP contribution in [0.2, 0.25) is 0 Å². The number of carbonyl (C=O) groups is 1. The van der Waals surface area contributed by atoms with Gasteiger partial charge in [0.2, 0.25) is 5.91 Å². The van der Waals surface area contributed by atoms with Gasteiger partial charge < -0.3 is 14.3 Å². The van der Waals surface area contributed by atoms with Crippen LogP contribution in [0.15, 0.2) is 65.2 Å². The van der Waals surface area contributed by atoms with E-state index in [1.807, 2.05) is 18.2 Å². The molecule has 1 aliphatic rings. The first-order chi connectivity index (χ1) is 13.0.